The minimum atomic E-state index is -0.0265. The summed E-state index contributed by atoms with van der Waals surface area (Å²) in [4.78, 5) is 0. The minimum absolute atomic E-state index is 0.0265. The highest BCUT2D eigenvalue weighted by atomic mass is 14.6. The first-order valence-electron chi connectivity index (χ1n) is 7.67. The van der Waals surface area contributed by atoms with Gasteiger partial charge in [0.25, 0.3) is 0 Å². The predicted molar refractivity (Wildman–Crippen MR) is 86.9 cm³/mol. The van der Waals surface area contributed by atoms with Gasteiger partial charge in [0.15, 0.2) is 0 Å². The zero-order valence-electron chi connectivity index (χ0n) is 12.6. The molecular weight excluding hydrogens is 242 g/mol. The third kappa shape index (κ3) is 3.71. The zero-order valence-corrected chi connectivity index (χ0v) is 12.6. The summed E-state index contributed by atoms with van der Waals surface area (Å²) in [6.45, 7) is 4.41. The van der Waals surface area contributed by atoms with Crippen molar-refractivity contribution in [2.75, 3.05) is 0 Å². The molecule has 1 heteroatoms. The van der Waals surface area contributed by atoms with Crippen molar-refractivity contribution in [1.82, 2.24) is 0 Å². The van der Waals surface area contributed by atoms with E-state index in [-0.39, 0.29) is 6.04 Å². The lowest BCUT2D eigenvalue weighted by Crippen LogP contribution is -2.11. The van der Waals surface area contributed by atoms with Crippen molar-refractivity contribution in [2.45, 2.75) is 45.6 Å². The van der Waals surface area contributed by atoms with Gasteiger partial charge >= 0.3 is 0 Å². The van der Waals surface area contributed by atoms with Crippen LogP contribution in [0.4, 0.5) is 0 Å². The molecule has 0 aliphatic carbocycles. The molecule has 0 amide bonds. The summed E-state index contributed by atoms with van der Waals surface area (Å²) in [6.07, 6.45) is 4.65. The standard InChI is InChI=1S/C19H25N/c1-3-5-15-7-11-17(12-8-15)19(20)18-13-9-16(6-4-2)10-14-18/h7-14,19H,3-6,20H2,1-2H3. The van der Waals surface area contributed by atoms with Gasteiger partial charge in [0, 0.05) is 0 Å². The van der Waals surface area contributed by atoms with Crippen molar-refractivity contribution in [3.8, 4) is 0 Å². The molecule has 0 aliphatic heterocycles. The van der Waals surface area contributed by atoms with Gasteiger partial charge in [-0.3, -0.25) is 0 Å². The lowest BCUT2D eigenvalue weighted by molar-refractivity contribution is 0.860. The molecule has 0 saturated heterocycles. The third-order valence-electron chi connectivity index (χ3n) is 3.76. The molecule has 0 aromatic heterocycles. The van der Waals surface area contributed by atoms with Crippen LogP contribution in [0.5, 0.6) is 0 Å². The van der Waals surface area contributed by atoms with Crippen molar-refractivity contribution in [2.24, 2.45) is 5.73 Å². The van der Waals surface area contributed by atoms with Crippen molar-refractivity contribution >= 4 is 0 Å². The summed E-state index contributed by atoms with van der Waals surface area (Å²) in [5.41, 5.74) is 11.5. The van der Waals surface area contributed by atoms with Gasteiger partial charge in [0.2, 0.25) is 0 Å². The Morgan fingerprint density at radius 3 is 1.35 bits per heavy atom. The van der Waals surface area contributed by atoms with Crippen LogP contribution in [0.15, 0.2) is 48.5 Å². The molecule has 0 spiro atoms. The van der Waals surface area contributed by atoms with E-state index in [4.69, 9.17) is 5.73 Å². The summed E-state index contributed by atoms with van der Waals surface area (Å²) in [5, 5.41) is 0. The highest BCUT2D eigenvalue weighted by Crippen LogP contribution is 2.21. The van der Waals surface area contributed by atoms with Gasteiger partial charge in [-0.2, -0.15) is 0 Å². The van der Waals surface area contributed by atoms with Gasteiger partial charge in [0.05, 0.1) is 6.04 Å². The number of hydrogen-bond donors (Lipinski definition) is 1. The summed E-state index contributed by atoms with van der Waals surface area (Å²) in [6, 6.07) is 17.4. The lowest BCUT2D eigenvalue weighted by Gasteiger charge is -2.14. The second-order valence-electron chi connectivity index (χ2n) is 5.46. The quantitative estimate of drug-likeness (QED) is 0.810. The van der Waals surface area contributed by atoms with E-state index in [1.807, 2.05) is 0 Å². The maximum absolute atomic E-state index is 6.36. The molecule has 20 heavy (non-hydrogen) atoms. The molecule has 0 aliphatic rings. The Balaban J connectivity index is 2.11. The molecule has 0 atom stereocenters. The van der Waals surface area contributed by atoms with E-state index >= 15 is 0 Å². The average molecular weight is 267 g/mol. The average Bonchev–Trinajstić information content (AvgIpc) is 2.49. The van der Waals surface area contributed by atoms with Crippen LogP contribution in [-0.4, -0.2) is 0 Å². The highest BCUT2D eigenvalue weighted by Gasteiger charge is 2.08. The molecular formula is C19H25N. The Morgan fingerprint density at radius 1 is 0.700 bits per heavy atom. The first-order chi connectivity index (χ1) is 9.74. The molecule has 2 rings (SSSR count). The lowest BCUT2D eigenvalue weighted by atomic mass is 9.96. The molecule has 1 nitrogen and oxygen atoms in total. The molecule has 2 N–H and O–H groups in total. The number of rotatable bonds is 6. The molecule has 106 valence electrons. The van der Waals surface area contributed by atoms with Crippen molar-refractivity contribution in [3.05, 3.63) is 70.8 Å². The van der Waals surface area contributed by atoms with E-state index in [2.05, 4.69) is 62.4 Å². The van der Waals surface area contributed by atoms with Gasteiger partial charge in [-0.1, -0.05) is 75.2 Å². The molecule has 0 radical (unpaired) electrons. The first-order valence-corrected chi connectivity index (χ1v) is 7.67. The normalized spacial score (nSPS) is 11.0. The second-order valence-corrected chi connectivity index (χ2v) is 5.46. The highest BCUT2D eigenvalue weighted by molar-refractivity contribution is 5.34. The van der Waals surface area contributed by atoms with E-state index < -0.39 is 0 Å². The Kier molecular flexibility index (Phi) is 5.37. The zero-order chi connectivity index (χ0) is 14.4. The molecule has 0 heterocycles. The Bertz CT molecular complexity index is 461. The SMILES string of the molecule is CCCc1ccc(C(N)c2ccc(CCC)cc2)cc1. The van der Waals surface area contributed by atoms with Crippen LogP contribution in [0.25, 0.3) is 0 Å². The fourth-order valence-corrected chi connectivity index (χ4v) is 2.55. The van der Waals surface area contributed by atoms with Gasteiger partial charge in [-0.25, -0.2) is 0 Å². The minimum Gasteiger partial charge on any atom is -0.320 e. The maximum atomic E-state index is 6.36. The number of benzene rings is 2. The van der Waals surface area contributed by atoms with Gasteiger partial charge in [-0.15, -0.1) is 0 Å². The summed E-state index contributed by atoms with van der Waals surface area (Å²) < 4.78 is 0. The first kappa shape index (κ1) is 14.8. The number of nitrogens with two attached hydrogens (primary N) is 1. The fraction of sp³-hybridized carbons (Fsp3) is 0.368. The molecule has 2 aromatic rings. The molecule has 0 bridgehead atoms. The van der Waals surface area contributed by atoms with Crippen LogP contribution in [0, 0.1) is 0 Å². The number of aryl methyl sites for hydroxylation is 2. The molecule has 0 saturated carbocycles. The summed E-state index contributed by atoms with van der Waals surface area (Å²) >= 11 is 0. The van der Waals surface area contributed by atoms with E-state index in [9.17, 15) is 0 Å². The van der Waals surface area contributed by atoms with Gasteiger partial charge in [-0.05, 0) is 35.1 Å². The van der Waals surface area contributed by atoms with E-state index in [1.54, 1.807) is 0 Å². The van der Waals surface area contributed by atoms with Crippen LogP contribution in [0.1, 0.15) is 55.0 Å². The molecule has 0 unspecified atom stereocenters. The van der Waals surface area contributed by atoms with Crippen molar-refractivity contribution < 1.29 is 0 Å². The Hall–Kier alpha value is -1.60. The second kappa shape index (κ2) is 7.25. The predicted octanol–water partition coefficient (Wildman–Crippen LogP) is 4.64. The van der Waals surface area contributed by atoms with Crippen LogP contribution < -0.4 is 5.73 Å². The van der Waals surface area contributed by atoms with Crippen molar-refractivity contribution in [1.29, 1.82) is 0 Å². The summed E-state index contributed by atoms with van der Waals surface area (Å²) in [5.74, 6) is 0. The van der Waals surface area contributed by atoms with Gasteiger partial charge < -0.3 is 5.73 Å². The Morgan fingerprint density at radius 2 is 1.05 bits per heavy atom. The van der Waals surface area contributed by atoms with E-state index in [0.29, 0.717) is 0 Å². The molecule has 2 aromatic carbocycles. The smallest absolute Gasteiger partial charge is 0.0551 e. The summed E-state index contributed by atoms with van der Waals surface area (Å²) in [7, 11) is 0. The monoisotopic (exact) mass is 267 g/mol. The Labute approximate surface area is 122 Å². The molecule has 0 fully saturated rings. The van der Waals surface area contributed by atoms with Crippen LogP contribution in [-0.2, 0) is 12.8 Å². The van der Waals surface area contributed by atoms with Crippen LogP contribution >= 0.6 is 0 Å². The number of hydrogen-bond acceptors (Lipinski definition) is 1. The topological polar surface area (TPSA) is 26.0 Å². The van der Waals surface area contributed by atoms with Crippen molar-refractivity contribution in [3.63, 3.8) is 0 Å². The van der Waals surface area contributed by atoms with E-state index in [1.165, 1.54) is 35.1 Å². The van der Waals surface area contributed by atoms with Gasteiger partial charge in [0.1, 0.15) is 0 Å². The maximum Gasteiger partial charge on any atom is 0.0551 e. The largest absolute Gasteiger partial charge is 0.320 e. The third-order valence-corrected chi connectivity index (χ3v) is 3.76. The van der Waals surface area contributed by atoms with E-state index in [0.717, 1.165) is 12.8 Å². The van der Waals surface area contributed by atoms with Crippen LogP contribution in [0.2, 0.25) is 0 Å². The fourth-order valence-electron chi connectivity index (χ4n) is 2.55. The van der Waals surface area contributed by atoms with Crippen LogP contribution in [0.3, 0.4) is 0 Å².